The molecule has 1 aliphatic heterocycles. The molecular weight excluding hydrogens is 314 g/mol. The van der Waals surface area contributed by atoms with Gasteiger partial charge in [-0.2, -0.15) is 0 Å². The van der Waals surface area contributed by atoms with Crippen LogP contribution >= 0.6 is 0 Å². The van der Waals surface area contributed by atoms with Crippen LogP contribution in [0.2, 0.25) is 0 Å². The molecule has 3 rings (SSSR count). The molecule has 0 aromatic carbocycles. The lowest BCUT2D eigenvalue weighted by Crippen LogP contribution is -2.52. The van der Waals surface area contributed by atoms with Crippen molar-refractivity contribution in [2.24, 2.45) is 10.4 Å². The summed E-state index contributed by atoms with van der Waals surface area (Å²) in [5, 5.41) is 7.53. The zero-order valence-corrected chi connectivity index (χ0v) is 15.8. The number of rotatable bonds is 6. The molecule has 1 saturated carbocycles. The lowest BCUT2D eigenvalue weighted by atomic mass is 9.83. The summed E-state index contributed by atoms with van der Waals surface area (Å²) in [6.07, 6.45) is 8.34. The SMILES string of the molecule is CCNC(=NCC1(CC)CCCC1)N1CCN(Cc2ccon2)CC1. The van der Waals surface area contributed by atoms with Crippen molar-refractivity contribution >= 4 is 5.96 Å². The molecule has 0 spiro atoms. The van der Waals surface area contributed by atoms with Gasteiger partial charge in [0.25, 0.3) is 0 Å². The summed E-state index contributed by atoms with van der Waals surface area (Å²) in [6, 6.07) is 1.95. The van der Waals surface area contributed by atoms with Crippen molar-refractivity contribution in [1.82, 2.24) is 20.3 Å². The lowest BCUT2D eigenvalue weighted by Gasteiger charge is -2.36. The van der Waals surface area contributed by atoms with Gasteiger partial charge in [0.05, 0.1) is 5.69 Å². The molecule has 25 heavy (non-hydrogen) atoms. The fraction of sp³-hybridized carbons (Fsp3) is 0.789. The van der Waals surface area contributed by atoms with Gasteiger partial charge < -0.3 is 14.7 Å². The first kappa shape index (κ1) is 18.2. The van der Waals surface area contributed by atoms with Crippen molar-refractivity contribution in [3.05, 3.63) is 18.0 Å². The van der Waals surface area contributed by atoms with Crippen LogP contribution in [0.4, 0.5) is 0 Å². The van der Waals surface area contributed by atoms with Crippen molar-refractivity contribution in [1.29, 1.82) is 0 Å². The topological polar surface area (TPSA) is 56.9 Å². The zero-order chi connectivity index (χ0) is 17.5. The monoisotopic (exact) mass is 347 g/mol. The van der Waals surface area contributed by atoms with E-state index in [0.29, 0.717) is 5.41 Å². The normalized spacial score (nSPS) is 21.7. The highest BCUT2D eigenvalue weighted by Gasteiger charge is 2.32. The number of nitrogens with one attached hydrogen (secondary N) is 1. The molecule has 2 fully saturated rings. The Morgan fingerprint density at radius 1 is 1.24 bits per heavy atom. The maximum Gasteiger partial charge on any atom is 0.194 e. The number of hydrogen-bond acceptors (Lipinski definition) is 4. The Morgan fingerprint density at radius 3 is 2.60 bits per heavy atom. The van der Waals surface area contributed by atoms with E-state index in [1.165, 1.54) is 32.1 Å². The summed E-state index contributed by atoms with van der Waals surface area (Å²) in [5.74, 6) is 1.10. The summed E-state index contributed by atoms with van der Waals surface area (Å²) in [5.41, 5.74) is 1.47. The number of aliphatic imine (C=N–C) groups is 1. The van der Waals surface area contributed by atoms with E-state index >= 15 is 0 Å². The number of piperazine rings is 1. The van der Waals surface area contributed by atoms with Gasteiger partial charge >= 0.3 is 0 Å². The summed E-state index contributed by atoms with van der Waals surface area (Å²) in [4.78, 5) is 9.90. The number of guanidine groups is 1. The van der Waals surface area contributed by atoms with E-state index in [2.05, 4.69) is 34.1 Å². The van der Waals surface area contributed by atoms with Crippen molar-refractivity contribution in [2.45, 2.75) is 52.5 Å². The summed E-state index contributed by atoms with van der Waals surface area (Å²) >= 11 is 0. The number of hydrogen-bond donors (Lipinski definition) is 1. The highest BCUT2D eigenvalue weighted by molar-refractivity contribution is 5.80. The molecule has 1 saturated heterocycles. The summed E-state index contributed by atoms with van der Waals surface area (Å²) < 4.78 is 4.93. The molecule has 0 amide bonds. The largest absolute Gasteiger partial charge is 0.364 e. The van der Waals surface area contributed by atoms with Crippen molar-refractivity contribution in [3.63, 3.8) is 0 Å². The third-order valence-electron chi connectivity index (χ3n) is 5.86. The molecule has 0 atom stereocenters. The van der Waals surface area contributed by atoms with E-state index in [-0.39, 0.29) is 0 Å². The Hall–Kier alpha value is -1.56. The van der Waals surface area contributed by atoms with Crippen LogP contribution in [0, 0.1) is 5.41 Å². The number of aromatic nitrogens is 1. The van der Waals surface area contributed by atoms with Gasteiger partial charge in [-0.1, -0.05) is 24.9 Å². The molecule has 0 unspecified atom stereocenters. The molecule has 1 N–H and O–H groups in total. The van der Waals surface area contributed by atoms with Gasteiger partial charge in [0, 0.05) is 51.9 Å². The quantitative estimate of drug-likeness (QED) is 0.633. The summed E-state index contributed by atoms with van der Waals surface area (Å²) in [7, 11) is 0. The molecule has 1 aliphatic carbocycles. The van der Waals surface area contributed by atoms with E-state index < -0.39 is 0 Å². The first-order chi connectivity index (χ1) is 12.2. The van der Waals surface area contributed by atoms with Crippen molar-refractivity contribution in [2.75, 3.05) is 39.3 Å². The highest BCUT2D eigenvalue weighted by Crippen LogP contribution is 2.41. The Bertz CT molecular complexity index is 528. The fourth-order valence-electron chi connectivity index (χ4n) is 4.08. The van der Waals surface area contributed by atoms with E-state index in [1.807, 2.05) is 6.07 Å². The second-order valence-electron chi connectivity index (χ2n) is 7.48. The molecule has 1 aromatic rings. The minimum Gasteiger partial charge on any atom is -0.364 e. The molecule has 0 bridgehead atoms. The van der Waals surface area contributed by atoms with Gasteiger partial charge in [0.15, 0.2) is 5.96 Å². The maximum absolute atomic E-state index is 5.05. The predicted molar refractivity (Wildman–Crippen MR) is 101 cm³/mol. The lowest BCUT2D eigenvalue weighted by molar-refractivity contribution is 0.168. The predicted octanol–water partition coefficient (Wildman–Crippen LogP) is 2.73. The Labute approximate surface area is 151 Å². The van der Waals surface area contributed by atoms with Crippen molar-refractivity contribution in [3.8, 4) is 0 Å². The van der Waals surface area contributed by atoms with Crippen LogP contribution in [0.25, 0.3) is 0 Å². The highest BCUT2D eigenvalue weighted by atomic mass is 16.5. The van der Waals surface area contributed by atoms with Crippen LogP contribution < -0.4 is 5.32 Å². The standard InChI is InChI=1S/C19H33N5O/c1-3-19(8-5-6-9-19)16-21-18(20-4-2)24-12-10-23(11-13-24)15-17-7-14-25-22-17/h7,14H,3-6,8-13,15-16H2,1-2H3,(H,20,21). The molecule has 0 radical (unpaired) electrons. The van der Waals surface area contributed by atoms with Gasteiger partial charge in [-0.05, 0) is 31.6 Å². The fourth-order valence-corrected chi connectivity index (χ4v) is 4.08. The van der Waals surface area contributed by atoms with Crippen molar-refractivity contribution < 1.29 is 4.52 Å². The first-order valence-corrected chi connectivity index (χ1v) is 9.89. The third kappa shape index (κ3) is 4.75. The van der Waals surface area contributed by atoms with Crippen LogP contribution in [-0.2, 0) is 6.54 Å². The van der Waals surface area contributed by atoms with E-state index in [0.717, 1.165) is 57.5 Å². The molecule has 2 heterocycles. The Kier molecular flexibility index (Phi) is 6.34. The molecular formula is C19H33N5O. The van der Waals surface area contributed by atoms with Gasteiger partial charge in [0.1, 0.15) is 6.26 Å². The molecule has 2 aliphatic rings. The Morgan fingerprint density at radius 2 is 2.00 bits per heavy atom. The minimum atomic E-state index is 0.454. The molecule has 1 aromatic heterocycles. The van der Waals surface area contributed by atoms with E-state index in [1.54, 1.807) is 6.26 Å². The number of nitrogens with zero attached hydrogens (tertiary/aromatic N) is 4. The second-order valence-corrected chi connectivity index (χ2v) is 7.48. The van der Waals surface area contributed by atoms with Crippen LogP contribution in [0.5, 0.6) is 0 Å². The van der Waals surface area contributed by atoms with E-state index in [4.69, 9.17) is 9.52 Å². The second kappa shape index (κ2) is 8.70. The Balaban J connectivity index is 1.55. The average molecular weight is 348 g/mol. The van der Waals surface area contributed by atoms with Gasteiger partial charge in [-0.15, -0.1) is 0 Å². The first-order valence-electron chi connectivity index (χ1n) is 9.89. The van der Waals surface area contributed by atoms with Crippen LogP contribution in [0.3, 0.4) is 0 Å². The van der Waals surface area contributed by atoms with Gasteiger partial charge in [-0.3, -0.25) is 9.89 Å². The molecule has 6 nitrogen and oxygen atoms in total. The van der Waals surface area contributed by atoms with Crippen LogP contribution in [-0.4, -0.2) is 60.2 Å². The third-order valence-corrected chi connectivity index (χ3v) is 5.86. The van der Waals surface area contributed by atoms with Crippen LogP contribution in [0.1, 0.15) is 51.6 Å². The minimum absolute atomic E-state index is 0.454. The van der Waals surface area contributed by atoms with Gasteiger partial charge in [0.2, 0.25) is 0 Å². The van der Waals surface area contributed by atoms with E-state index in [9.17, 15) is 0 Å². The maximum atomic E-state index is 5.05. The molecule has 6 heteroatoms. The summed E-state index contributed by atoms with van der Waals surface area (Å²) in [6.45, 7) is 11.4. The zero-order valence-electron chi connectivity index (χ0n) is 15.8. The smallest absolute Gasteiger partial charge is 0.194 e. The van der Waals surface area contributed by atoms with Gasteiger partial charge in [-0.25, -0.2) is 0 Å². The average Bonchev–Trinajstić information content (AvgIpc) is 3.32. The molecule has 140 valence electrons. The van der Waals surface area contributed by atoms with Crippen LogP contribution in [0.15, 0.2) is 21.8 Å².